The summed E-state index contributed by atoms with van der Waals surface area (Å²) in [6, 6.07) is 2.36. The van der Waals surface area contributed by atoms with E-state index >= 15 is 0 Å². The van der Waals surface area contributed by atoms with Crippen molar-refractivity contribution in [3.8, 4) is 6.07 Å². The van der Waals surface area contributed by atoms with Crippen LogP contribution in [0.2, 0.25) is 0 Å². The molecule has 0 saturated heterocycles. The zero-order valence-electron chi connectivity index (χ0n) is 10.3. The molecular weight excluding hydrogens is 252 g/mol. The maximum absolute atomic E-state index is 9.16. The van der Waals surface area contributed by atoms with Gasteiger partial charge in [0, 0.05) is 5.75 Å². The van der Waals surface area contributed by atoms with E-state index < -0.39 is 5.54 Å². The number of hydrogen-bond acceptors (Lipinski definition) is 6. The van der Waals surface area contributed by atoms with Crippen LogP contribution in [0.5, 0.6) is 0 Å². The highest BCUT2D eigenvalue weighted by atomic mass is 32.2. The van der Waals surface area contributed by atoms with E-state index in [0.29, 0.717) is 0 Å². The number of rotatable bonds is 8. The van der Waals surface area contributed by atoms with Crippen LogP contribution in [0, 0.1) is 11.3 Å². The molecule has 0 amide bonds. The molecule has 0 radical (unpaired) electrons. The van der Waals surface area contributed by atoms with Crippen LogP contribution in [0.1, 0.15) is 33.1 Å². The molecule has 0 fully saturated rings. The third-order valence-corrected chi connectivity index (χ3v) is 4.35. The van der Waals surface area contributed by atoms with E-state index in [9.17, 15) is 0 Å². The van der Waals surface area contributed by atoms with Crippen molar-refractivity contribution in [2.45, 2.75) is 43.0 Å². The lowest BCUT2D eigenvalue weighted by atomic mass is 9.98. The normalized spacial score (nSPS) is 14.2. The predicted octanol–water partition coefficient (Wildman–Crippen LogP) is 2.69. The topological polar surface area (TPSA) is 61.6 Å². The second-order valence-corrected chi connectivity index (χ2v) is 6.20. The first kappa shape index (κ1) is 14.4. The summed E-state index contributed by atoms with van der Waals surface area (Å²) in [7, 11) is 0. The maximum Gasteiger partial charge on any atom is 0.174 e. The van der Waals surface area contributed by atoms with Crippen molar-refractivity contribution in [1.82, 2.24) is 15.5 Å². The number of nitriles is 1. The molecule has 1 N–H and O–H groups in total. The first-order valence-electron chi connectivity index (χ1n) is 5.75. The first-order chi connectivity index (χ1) is 8.20. The fourth-order valence-corrected chi connectivity index (χ4v) is 2.89. The van der Waals surface area contributed by atoms with Gasteiger partial charge in [0.05, 0.1) is 6.07 Å². The van der Waals surface area contributed by atoms with Gasteiger partial charge in [-0.1, -0.05) is 30.0 Å². The molecule has 0 aliphatic rings. The summed E-state index contributed by atoms with van der Waals surface area (Å²) in [6.07, 6.45) is 2.93. The van der Waals surface area contributed by atoms with Crippen molar-refractivity contribution in [3.05, 3.63) is 5.51 Å². The van der Waals surface area contributed by atoms with Crippen LogP contribution in [-0.4, -0.2) is 28.0 Å². The standard InChI is InChI=1S/C11H18N4S2/c1-3-6-13-11(2,8-12)5-4-7-16-10-15-14-9-17-10/h9,13H,3-7H2,1-2H3. The zero-order valence-corrected chi connectivity index (χ0v) is 11.9. The second-order valence-electron chi connectivity index (χ2n) is 4.03. The van der Waals surface area contributed by atoms with Crippen LogP contribution < -0.4 is 5.32 Å². The summed E-state index contributed by atoms with van der Waals surface area (Å²) in [6.45, 7) is 4.97. The van der Waals surface area contributed by atoms with Gasteiger partial charge in [-0.3, -0.25) is 5.32 Å². The van der Waals surface area contributed by atoms with Gasteiger partial charge in [-0.05, 0) is 32.7 Å². The Bertz CT molecular complexity index is 347. The summed E-state index contributed by atoms with van der Waals surface area (Å²) in [5.74, 6) is 0.986. The average Bonchev–Trinajstić information content (AvgIpc) is 2.85. The molecule has 1 heterocycles. The van der Waals surface area contributed by atoms with Gasteiger partial charge >= 0.3 is 0 Å². The highest BCUT2D eigenvalue weighted by Crippen LogP contribution is 2.22. The number of nitrogens with one attached hydrogen (secondary N) is 1. The molecule has 0 bridgehead atoms. The Balaban J connectivity index is 2.21. The van der Waals surface area contributed by atoms with Crippen LogP contribution in [-0.2, 0) is 0 Å². The Morgan fingerprint density at radius 1 is 1.65 bits per heavy atom. The predicted molar refractivity (Wildman–Crippen MR) is 72.2 cm³/mol. The van der Waals surface area contributed by atoms with Gasteiger partial charge in [-0.25, -0.2) is 0 Å². The molecule has 1 aromatic rings. The molecule has 1 aromatic heterocycles. The Hall–Kier alpha value is -0.640. The lowest BCUT2D eigenvalue weighted by Gasteiger charge is -2.22. The monoisotopic (exact) mass is 270 g/mol. The minimum Gasteiger partial charge on any atom is -0.300 e. The van der Waals surface area contributed by atoms with Crippen LogP contribution in [0.4, 0.5) is 0 Å². The lowest BCUT2D eigenvalue weighted by molar-refractivity contribution is 0.415. The summed E-state index contributed by atoms with van der Waals surface area (Å²) in [4.78, 5) is 0. The van der Waals surface area contributed by atoms with Gasteiger partial charge in [0.15, 0.2) is 4.34 Å². The molecule has 17 heavy (non-hydrogen) atoms. The van der Waals surface area contributed by atoms with E-state index in [2.05, 4.69) is 28.5 Å². The third-order valence-electron chi connectivity index (χ3n) is 2.40. The fourth-order valence-electron chi connectivity index (χ4n) is 1.40. The van der Waals surface area contributed by atoms with E-state index in [1.165, 1.54) is 0 Å². The van der Waals surface area contributed by atoms with E-state index in [1.54, 1.807) is 28.6 Å². The van der Waals surface area contributed by atoms with Crippen LogP contribution >= 0.6 is 23.1 Å². The molecular formula is C11H18N4S2. The van der Waals surface area contributed by atoms with Crippen LogP contribution in [0.3, 0.4) is 0 Å². The maximum atomic E-state index is 9.16. The van der Waals surface area contributed by atoms with Gasteiger partial charge in [0.25, 0.3) is 0 Å². The molecule has 0 spiro atoms. The molecule has 6 heteroatoms. The Labute approximate surface area is 111 Å². The fraction of sp³-hybridized carbons (Fsp3) is 0.727. The van der Waals surface area contributed by atoms with Gasteiger partial charge < -0.3 is 0 Å². The van der Waals surface area contributed by atoms with E-state index in [1.807, 2.05) is 6.92 Å². The molecule has 1 rings (SSSR count). The molecule has 0 aromatic carbocycles. The number of thioether (sulfide) groups is 1. The van der Waals surface area contributed by atoms with Crippen molar-refractivity contribution in [2.24, 2.45) is 0 Å². The molecule has 4 nitrogen and oxygen atoms in total. The minimum absolute atomic E-state index is 0.391. The van der Waals surface area contributed by atoms with Crippen molar-refractivity contribution in [1.29, 1.82) is 5.26 Å². The largest absolute Gasteiger partial charge is 0.300 e. The summed E-state index contributed by atoms with van der Waals surface area (Å²) >= 11 is 3.27. The number of hydrogen-bond donors (Lipinski definition) is 1. The molecule has 0 aliphatic carbocycles. The number of nitrogens with zero attached hydrogens (tertiary/aromatic N) is 3. The molecule has 0 saturated carbocycles. The van der Waals surface area contributed by atoms with Crippen LogP contribution in [0.15, 0.2) is 9.85 Å². The van der Waals surface area contributed by atoms with Crippen molar-refractivity contribution in [2.75, 3.05) is 12.3 Å². The molecule has 1 unspecified atom stereocenters. The van der Waals surface area contributed by atoms with Gasteiger partial charge in [-0.15, -0.1) is 10.2 Å². The Morgan fingerprint density at radius 3 is 3.06 bits per heavy atom. The van der Waals surface area contributed by atoms with Crippen molar-refractivity contribution < 1.29 is 0 Å². The highest BCUT2D eigenvalue weighted by molar-refractivity contribution is 8.00. The molecule has 1 atom stereocenters. The molecule has 0 aliphatic heterocycles. The van der Waals surface area contributed by atoms with Crippen LogP contribution in [0.25, 0.3) is 0 Å². The lowest BCUT2D eigenvalue weighted by Crippen LogP contribution is -2.41. The van der Waals surface area contributed by atoms with Gasteiger partial charge in [-0.2, -0.15) is 5.26 Å². The third kappa shape index (κ3) is 5.48. The van der Waals surface area contributed by atoms with E-state index in [-0.39, 0.29) is 0 Å². The first-order valence-corrected chi connectivity index (χ1v) is 7.62. The summed E-state index contributed by atoms with van der Waals surface area (Å²) in [5, 5.41) is 20.2. The van der Waals surface area contributed by atoms with Gasteiger partial charge in [0.2, 0.25) is 0 Å². The minimum atomic E-state index is -0.391. The quantitative estimate of drug-likeness (QED) is 0.581. The number of aromatic nitrogens is 2. The van der Waals surface area contributed by atoms with Crippen molar-refractivity contribution >= 4 is 23.1 Å². The smallest absolute Gasteiger partial charge is 0.174 e. The zero-order chi connectivity index (χ0) is 12.6. The SMILES string of the molecule is CCCNC(C)(C#N)CCCSc1nncs1. The Kier molecular flexibility index (Phi) is 6.48. The van der Waals surface area contributed by atoms with Crippen molar-refractivity contribution in [3.63, 3.8) is 0 Å². The summed E-state index contributed by atoms with van der Waals surface area (Å²) in [5.41, 5.74) is 1.35. The highest BCUT2D eigenvalue weighted by Gasteiger charge is 2.21. The second kappa shape index (κ2) is 7.64. The average molecular weight is 270 g/mol. The van der Waals surface area contributed by atoms with E-state index in [4.69, 9.17) is 5.26 Å². The Morgan fingerprint density at radius 2 is 2.47 bits per heavy atom. The molecule has 94 valence electrons. The van der Waals surface area contributed by atoms with E-state index in [0.717, 1.165) is 35.9 Å². The summed E-state index contributed by atoms with van der Waals surface area (Å²) < 4.78 is 1.00. The van der Waals surface area contributed by atoms with Gasteiger partial charge in [0.1, 0.15) is 11.0 Å².